The van der Waals surface area contributed by atoms with Crippen molar-refractivity contribution in [1.82, 2.24) is 0 Å². The summed E-state index contributed by atoms with van der Waals surface area (Å²) in [5.74, 6) is 0.589. The summed E-state index contributed by atoms with van der Waals surface area (Å²) in [6, 6.07) is 4.53. The molecule has 1 spiro atoms. The molecule has 21 heavy (non-hydrogen) atoms. The van der Waals surface area contributed by atoms with E-state index in [0.29, 0.717) is 12.4 Å². The number of benzene rings is 1. The van der Waals surface area contributed by atoms with Crippen LogP contribution in [0.5, 0.6) is 5.75 Å². The molecule has 2 aliphatic rings. The number of hydrogen-bond donors (Lipinski definition) is 0. The second-order valence-corrected chi connectivity index (χ2v) is 6.25. The van der Waals surface area contributed by atoms with E-state index in [2.05, 4.69) is 0 Å². The van der Waals surface area contributed by atoms with E-state index in [-0.39, 0.29) is 22.4 Å². The number of ether oxygens (including phenoxy) is 2. The van der Waals surface area contributed by atoms with Gasteiger partial charge in [0.15, 0.2) is 0 Å². The monoisotopic (exact) mass is 311 g/mol. The van der Waals surface area contributed by atoms with Crippen LogP contribution in [0.15, 0.2) is 18.2 Å². The molecule has 1 saturated heterocycles. The molecule has 1 atom stereocenters. The minimum absolute atomic E-state index is 0.00646. The standard InChI is InChI=1S/C15H18ClNO4/c16-13-9-11(3-4-14(13)17(18)19)21-12-5-8-20-15(10-12)6-1-2-7-15/h3-4,9,12H,1-2,5-8,10H2. The highest BCUT2D eigenvalue weighted by Gasteiger charge is 2.40. The lowest BCUT2D eigenvalue weighted by Crippen LogP contribution is -2.41. The summed E-state index contributed by atoms with van der Waals surface area (Å²) in [5.41, 5.74) is -0.101. The molecule has 1 heterocycles. The molecule has 0 aromatic heterocycles. The number of halogens is 1. The van der Waals surface area contributed by atoms with Crippen LogP contribution in [0.3, 0.4) is 0 Å². The van der Waals surface area contributed by atoms with E-state index in [9.17, 15) is 10.1 Å². The summed E-state index contributed by atoms with van der Waals surface area (Å²) in [7, 11) is 0. The SMILES string of the molecule is O=[N+]([O-])c1ccc(OC2CCOC3(CCCC3)C2)cc1Cl. The van der Waals surface area contributed by atoms with Gasteiger partial charge in [-0.05, 0) is 18.9 Å². The van der Waals surface area contributed by atoms with Crippen molar-refractivity contribution in [2.24, 2.45) is 0 Å². The molecule has 1 aliphatic heterocycles. The van der Waals surface area contributed by atoms with Gasteiger partial charge in [0.1, 0.15) is 16.9 Å². The number of hydrogen-bond acceptors (Lipinski definition) is 4. The van der Waals surface area contributed by atoms with Gasteiger partial charge < -0.3 is 9.47 Å². The van der Waals surface area contributed by atoms with Crippen molar-refractivity contribution in [3.05, 3.63) is 33.3 Å². The van der Waals surface area contributed by atoms with E-state index < -0.39 is 4.92 Å². The quantitative estimate of drug-likeness (QED) is 0.622. The fraction of sp³-hybridized carbons (Fsp3) is 0.600. The van der Waals surface area contributed by atoms with Gasteiger partial charge in [-0.2, -0.15) is 0 Å². The second-order valence-electron chi connectivity index (χ2n) is 5.84. The van der Waals surface area contributed by atoms with Gasteiger partial charge >= 0.3 is 0 Å². The van der Waals surface area contributed by atoms with E-state index in [1.165, 1.54) is 25.0 Å². The summed E-state index contributed by atoms with van der Waals surface area (Å²) in [6.45, 7) is 0.714. The van der Waals surface area contributed by atoms with Crippen molar-refractivity contribution >= 4 is 17.3 Å². The third kappa shape index (κ3) is 3.14. The Morgan fingerprint density at radius 3 is 2.81 bits per heavy atom. The van der Waals surface area contributed by atoms with Crippen molar-refractivity contribution in [3.63, 3.8) is 0 Å². The van der Waals surface area contributed by atoms with Crippen LogP contribution in [0.2, 0.25) is 5.02 Å². The van der Waals surface area contributed by atoms with Gasteiger partial charge in [-0.15, -0.1) is 0 Å². The molecule has 0 amide bonds. The van der Waals surface area contributed by atoms with Gasteiger partial charge in [0.2, 0.25) is 0 Å². The lowest BCUT2D eigenvalue weighted by Gasteiger charge is -2.38. The van der Waals surface area contributed by atoms with Crippen LogP contribution < -0.4 is 4.74 Å². The van der Waals surface area contributed by atoms with Crippen molar-refractivity contribution in [3.8, 4) is 5.75 Å². The van der Waals surface area contributed by atoms with E-state index in [0.717, 1.165) is 25.7 Å². The first-order chi connectivity index (χ1) is 10.1. The maximum Gasteiger partial charge on any atom is 0.288 e. The summed E-state index contributed by atoms with van der Waals surface area (Å²) in [5, 5.41) is 10.9. The summed E-state index contributed by atoms with van der Waals surface area (Å²) < 4.78 is 11.9. The predicted octanol–water partition coefficient (Wildman–Crippen LogP) is 4.12. The fourth-order valence-electron chi connectivity index (χ4n) is 3.35. The number of nitro groups is 1. The minimum Gasteiger partial charge on any atom is -0.490 e. The summed E-state index contributed by atoms with van der Waals surface area (Å²) in [4.78, 5) is 10.3. The maximum atomic E-state index is 10.8. The lowest BCUT2D eigenvalue weighted by molar-refractivity contribution is -0.384. The first-order valence-electron chi connectivity index (χ1n) is 7.33. The molecular weight excluding hydrogens is 294 g/mol. The van der Waals surface area contributed by atoms with Gasteiger partial charge in [-0.3, -0.25) is 10.1 Å². The van der Waals surface area contributed by atoms with Crippen molar-refractivity contribution in [1.29, 1.82) is 0 Å². The van der Waals surface area contributed by atoms with E-state index in [1.54, 1.807) is 6.07 Å². The molecular formula is C15H18ClNO4. The van der Waals surface area contributed by atoms with E-state index in [1.807, 2.05) is 0 Å². The normalized spacial score (nSPS) is 24.1. The van der Waals surface area contributed by atoms with Crippen LogP contribution in [-0.4, -0.2) is 23.2 Å². The zero-order chi connectivity index (χ0) is 14.9. The molecule has 2 fully saturated rings. The van der Waals surface area contributed by atoms with Crippen LogP contribution in [0, 0.1) is 10.1 Å². The smallest absolute Gasteiger partial charge is 0.288 e. The Kier molecular flexibility index (Phi) is 4.04. The molecule has 1 saturated carbocycles. The average Bonchev–Trinajstić information content (AvgIpc) is 2.86. The van der Waals surface area contributed by atoms with Crippen LogP contribution in [0.1, 0.15) is 38.5 Å². The highest BCUT2D eigenvalue weighted by Crippen LogP contribution is 2.41. The van der Waals surface area contributed by atoms with Crippen LogP contribution in [0.25, 0.3) is 0 Å². The van der Waals surface area contributed by atoms with Gasteiger partial charge in [-0.1, -0.05) is 24.4 Å². The topological polar surface area (TPSA) is 61.6 Å². The second kappa shape index (κ2) is 5.81. The Balaban J connectivity index is 1.68. The zero-order valence-electron chi connectivity index (χ0n) is 11.7. The zero-order valence-corrected chi connectivity index (χ0v) is 12.5. The maximum absolute atomic E-state index is 10.8. The van der Waals surface area contributed by atoms with Crippen LogP contribution in [-0.2, 0) is 4.74 Å². The first-order valence-corrected chi connectivity index (χ1v) is 7.70. The third-order valence-corrected chi connectivity index (χ3v) is 4.68. The van der Waals surface area contributed by atoms with E-state index >= 15 is 0 Å². The fourth-order valence-corrected chi connectivity index (χ4v) is 3.59. The Hall–Kier alpha value is -1.33. The first kappa shape index (κ1) is 14.6. The molecule has 1 unspecified atom stereocenters. The Morgan fingerprint density at radius 2 is 2.14 bits per heavy atom. The Labute approximate surface area is 128 Å². The number of rotatable bonds is 3. The number of nitrogens with zero attached hydrogens (tertiary/aromatic N) is 1. The molecule has 1 aromatic rings. The Morgan fingerprint density at radius 1 is 1.38 bits per heavy atom. The molecule has 114 valence electrons. The molecule has 1 aromatic carbocycles. The highest BCUT2D eigenvalue weighted by atomic mass is 35.5. The molecule has 6 heteroatoms. The highest BCUT2D eigenvalue weighted by molar-refractivity contribution is 6.32. The molecule has 5 nitrogen and oxygen atoms in total. The molecule has 0 bridgehead atoms. The van der Waals surface area contributed by atoms with Crippen molar-refractivity contribution in [2.75, 3.05) is 6.61 Å². The van der Waals surface area contributed by atoms with Crippen LogP contribution in [0.4, 0.5) is 5.69 Å². The largest absolute Gasteiger partial charge is 0.490 e. The minimum atomic E-state index is -0.492. The van der Waals surface area contributed by atoms with Crippen LogP contribution >= 0.6 is 11.6 Å². The predicted molar refractivity (Wildman–Crippen MR) is 78.9 cm³/mol. The molecule has 1 aliphatic carbocycles. The van der Waals surface area contributed by atoms with Gasteiger partial charge in [0.25, 0.3) is 5.69 Å². The number of nitro benzene ring substituents is 1. The van der Waals surface area contributed by atoms with Gasteiger partial charge in [0.05, 0.1) is 17.1 Å². The molecule has 3 rings (SSSR count). The summed E-state index contributed by atoms with van der Waals surface area (Å²) >= 11 is 5.92. The lowest BCUT2D eigenvalue weighted by atomic mass is 9.90. The van der Waals surface area contributed by atoms with Gasteiger partial charge in [-0.25, -0.2) is 0 Å². The van der Waals surface area contributed by atoms with E-state index in [4.69, 9.17) is 21.1 Å². The Bertz CT molecular complexity index is 542. The third-order valence-electron chi connectivity index (χ3n) is 4.38. The van der Waals surface area contributed by atoms with Crippen molar-refractivity contribution < 1.29 is 14.4 Å². The molecule has 0 radical (unpaired) electrons. The molecule has 0 N–H and O–H groups in total. The average molecular weight is 312 g/mol. The van der Waals surface area contributed by atoms with Crippen molar-refractivity contribution in [2.45, 2.75) is 50.2 Å². The van der Waals surface area contributed by atoms with Gasteiger partial charge in [0, 0.05) is 25.0 Å². The summed E-state index contributed by atoms with van der Waals surface area (Å²) in [6.07, 6.45) is 6.47.